The van der Waals surface area contributed by atoms with Gasteiger partial charge in [0.15, 0.2) is 4.67 Å². The molecule has 0 radical (unpaired) electrons. The van der Waals surface area contributed by atoms with Crippen LogP contribution in [0.15, 0.2) is 63.7 Å². The van der Waals surface area contributed by atoms with Crippen molar-refractivity contribution in [3.8, 4) is 0 Å². The molecule has 0 aliphatic carbocycles. The molecule has 0 aliphatic heterocycles. The molecule has 2 aromatic carbocycles. The second-order valence-corrected chi connectivity index (χ2v) is 5.48. The monoisotopic (exact) mass is 329 g/mol. The van der Waals surface area contributed by atoms with E-state index in [1.54, 1.807) is 0 Å². The van der Waals surface area contributed by atoms with Gasteiger partial charge in [0.05, 0.1) is 6.04 Å². The third-order valence-corrected chi connectivity index (χ3v) is 3.85. The number of rotatable bonds is 4. The average Bonchev–Trinajstić information content (AvgIpc) is 2.91. The zero-order chi connectivity index (χ0) is 13.9. The molecule has 0 fully saturated rings. The first-order valence-electron chi connectivity index (χ1n) is 6.76. The van der Waals surface area contributed by atoms with Crippen LogP contribution in [-0.2, 0) is 0 Å². The molecule has 1 unspecified atom stereocenters. The van der Waals surface area contributed by atoms with E-state index in [-0.39, 0.29) is 6.04 Å². The smallest absolute Gasteiger partial charge is 0.169 e. The topological polar surface area (TPSA) is 25.2 Å². The molecule has 3 heteroatoms. The lowest BCUT2D eigenvalue weighted by Gasteiger charge is -2.18. The van der Waals surface area contributed by atoms with Crippen molar-refractivity contribution in [3.05, 3.63) is 70.6 Å². The summed E-state index contributed by atoms with van der Waals surface area (Å²) in [6.45, 7) is 2.99. The van der Waals surface area contributed by atoms with Gasteiger partial charge in [-0.15, -0.1) is 0 Å². The Morgan fingerprint density at radius 3 is 2.60 bits per heavy atom. The maximum absolute atomic E-state index is 5.76. The summed E-state index contributed by atoms with van der Waals surface area (Å²) < 4.78 is 6.52. The number of fused-ring (bicyclic) bond motifs is 1. The van der Waals surface area contributed by atoms with E-state index in [9.17, 15) is 0 Å². The van der Waals surface area contributed by atoms with Crippen molar-refractivity contribution in [2.45, 2.75) is 13.0 Å². The number of hydrogen-bond acceptors (Lipinski definition) is 2. The van der Waals surface area contributed by atoms with E-state index < -0.39 is 0 Å². The van der Waals surface area contributed by atoms with Gasteiger partial charge >= 0.3 is 0 Å². The summed E-state index contributed by atoms with van der Waals surface area (Å²) in [4.78, 5) is 0. The van der Waals surface area contributed by atoms with Crippen LogP contribution >= 0.6 is 15.9 Å². The molecular weight excluding hydrogens is 314 g/mol. The molecule has 0 spiro atoms. The van der Waals surface area contributed by atoms with E-state index >= 15 is 0 Å². The van der Waals surface area contributed by atoms with Crippen molar-refractivity contribution in [2.24, 2.45) is 0 Å². The maximum atomic E-state index is 5.76. The van der Waals surface area contributed by atoms with E-state index in [2.05, 4.69) is 70.6 Å². The van der Waals surface area contributed by atoms with Gasteiger partial charge in [-0.1, -0.05) is 49.4 Å². The van der Waals surface area contributed by atoms with E-state index in [0.717, 1.165) is 17.0 Å². The molecule has 102 valence electrons. The molecule has 1 aromatic heterocycles. The van der Waals surface area contributed by atoms with Gasteiger partial charge in [0.2, 0.25) is 0 Å². The Hall–Kier alpha value is -1.58. The maximum Gasteiger partial charge on any atom is 0.169 e. The van der Waals surface area contributed by atoms with Crippen molar-refractivity contribution in [1.29, 1.82) is 0 Å². The van der Waals surface area contributed by atoms with E-state index in [4.69, 9.17) is 4.42 Å². The SMILES string of the molecule is CCNC(c1ccc(Br)o1)c1cccc2ccccc12. The summed E-state index contributed by atoms with van der Waals surface area (Å²) in [5, 5.41) is 6.01. The number of nitrogens with one attached hydrogen (secondary N) is 1. The van der Waals surface area contributed by atoms with Gasteiger partial charge in [-0.3, -0.25) is 0 Å². The second kappa shape index (κ2) is 5.81. The Balaban J connectivity index is 2.14. The Kier molecular flexibility index (Phi) is 3.90. The van der Waals surface area contributed by atoms with Gasteiger partial charge in [0, 0.05) is 0 Å². The molecule has 1 N–H and O–H groups in total. The van der Waals surface area contributed by atoms with Crippen LogP contribution in [0.5, 0.6) is 0 Å². The van der Waals surface area contributed by atoms with Crippen LogP contribution in [-0.4, -0.2) is 6.54 Å². The minimum Gasteiger partial charge on any atom is -0.452 e. The van der Waals surface area contributed by atoms with Gasteiger partial charge in [-0.2, -0.15) is 0 Å². The first-order valence-corrected chi connectivity index (χ1v) is 7.55. The highest BCUT2D eigenvalue weighted by molar-refractivity contribution is 9.10. The molecule has 1 atom stereocenters. The predicted molar refractivity (Wildman–Crippen MR) is 85.9 cm³/mol. The number of benzene rings is 2. The second-order valence-electron chi connectivity index (χ2n) is 4.70. The van der Waals surface area contributed by atoms with Gasteiger partial charge in [-0.05, 0) is 50.9 Å². The molecular formula is C17H16BrNO. The van der Waals surface area contributed by atoms with Crippen LogP contribution in [0, 0.1) is 0 Å². The van der Waals surface area contributed by atoms with Crippen molar-refractivity contribution in [3.63, 3.8) is 0 Å². The summed E-state index contributed by atoms with van der Waals surface area (Å²) in [5.74, 6) is 0.926. The zero-order valence-corrected chi connectivity index (χ0v) is 12.9. The minimum atomic E-state index is 0.0670. The van der Waals surface area contributed by atoms with Gasteiger partial charge in [0.25, 0.3) is 0 Å². The Bertz CT molecular complexity index is 714. The summed E-state index contributed by atoms with van der Waals surface area (Å²) in [7, 11) is 0. The third-order valence-electron chi connectivity index (χ3n) is 3.42. The van der Waals surface area contributed by atoms with E-state index in [1.165, 1.54) is 16.3 Å². The highest BCUT2D eigenvalue weighted by Gasteiger charge is 2.18. The number of hydrogen-bond donors (Lipinski definition) is 1. The van der Waals surface area contributed by atoms with Crippen molar-refractivity contribution in [1.82, 2.24) is 5.32 Å². The average molecular weight is 330 g/mol. The third kappa shape index (κ3) is 2.51. The molecule has 0 saturated heterocycles. The molecule has 0 aliphatic rings. The van der Waals surface area contributed by atoms with Crippen molar-refractivity contribution < 1.29 is 4.42 Å². The van der Waals surface area contributed by atoms with E-state index in [1.807, 2.05) is 12.1 Å². The highest BCUT2D eigenvalue weighted by Crippen LogP contribution is 2.30. The normalized spacial score (nSPS) is 12.7. The van der Waals surface area contributed by atoms with Crippen LogP contribution in [0.1, 0.15) is 24.3 Å². The molecule has 3 rings (SSSR count). The van der Waals surface area contributed by atoms with Crippen LogP contribution < -0.4 is 5.32 Å². The van der Waals surface area contributed by atoms with Gasteiger partial charge in [0.1, 0.15) is 5.76 Å². The molecule has 3 aromatic rings. The van der Waals surface area contributed by atoms with Crippen LogP contribution in [0.25, 0.3) is 10.8 Å². The molecule has 20 heavy (non-hydrogen) atoms. The first kappa shape index (κ1) is 13.4. The first-order chi connectivity index (χ1) is 9.79. The Morgan fingerprint density at radius 1 is 1.05 bits per heavy atom. The summed E-state index contributed by atoms with van der Waals surface area (Å²) in [5.41, 5.74) is 1.24. The summed E-state index contributed by atoms with van der Waals surface area (Å²) >= 11 is 3.38. The van der Waals surface area contributed by atoms with Crippen LogP contribution in [0.4, 0.5) is 0 Å². The number of halogens is 1. The van der Waals surface area contributed by atoms with Crippen LogP contribution in [0.3, 0.4) is 0 Å². The lowest BCUT2D eigenvalue weighted by atomic mass is 9.97. The predicted octanol–water partition coefficient (Wildman–Crippen LogP) is 4.89. The Labute approximate surface area is 126 Å². The van der Waals surface area contributed by atoms with E-state index in [0.29, 0.717) is 0 Å². The summed E-state index contributed by atoms with van der Waals surface area (Å²) in [6.07, 6.45) is 0. The lowest BCUT2D eigenvalue weighted by Crippen LogP contribution is -2.21. The molecule has 1 heterocycles. The fourth-order valence-electron chi connectivity index (χ4n) is 2.55. The molecule has 0 amide bonds. The minimum absolute atomic E-state index is 0.0670. The lowest BCUT2D eigenvalue weighted by molar-refractivity contribution is 0.439. The molecule has 0 bridgehead atoms. The standard InChI is InChI=1S/C17H16BrNO/c1-2-19-17(15-10-11-16(18)20-15)14-9-5-7-12-6-3-4-8-13(12)14/h3-11,17,19H,2H2,1H3. The highest BCUT2D eigenvalue weighted by atomic mass is 79.9. The summed E-state index contributed by atoms with van der Waals surface area (Å²) in [6, 6.07) is 18.9. The van der Waals surface area contributed by atoms with Gasteiger partial charge < -0.3 is 9.73 Å². The fourth-order valence-corrected chi connectivity index (χ4v) is 2.87. The zero-order valence-electron chi connectivity index (χ0n) is 11.3. The number of furan rings is 1. The largest absolute Gasteiger partial charge is 0.452 e. The fraction of sp³-hybridized carbons (Fsp3) is 0.176. The van der Waals surface area contributed by atoms with Crippen molar-refractivity contribution >= 4 is 26.7 Å². The quantitative estimate of drug-likeness (QED) is 0.736. The Morgan fingerprint density at radius 2 is 1.85 bits per heavy atom. The molecule has 2 nitrogen and oxygen atoms in total. The van der Waals surface area contributed by atoms with Gasteiger partial charge in [-0.25, -0.2) is 0 Å². The van der Waals surface area contributed by atoms with Crippen molar-refractivity contribution in [2.75, 3.05) is 6.54 Å². The molecule has 0 saturated carbocycles. The van der Waals surface area contributed by atoms with Crippen LogP contribution in [0.2, 0.25) is 0 Å².